The topological polar surface area (TPSA) is 99.7 Å². The fourth-order valence-corrected chi connectivity index (χ4v) is 2.43. The number of nitrogens with two attached hydrogens (primary N) is 1. The Hall–Kier alpha value is -3.32. The molecule has 0 radical (unpaired) electrons. The number of hydrogen-bond acceptors (Lipinski definition) is 7. The first kappa shape index (κ1) is 18.5. The Bertz CT molecular complexity index is 914. The number of aliphatic hydroxyl groups is 1. The molecule has 1 heterocycles. The first-order chi connectivity index (χ1) is 13.1. The van der Waals surface area contributed by atoms with Crippen molar-refractivity contribution in [3.63, 3.8) is 0 Å². The van der Waals surface area contributed by atoms with Gasteiger partial charge in [0, 0.05) is 5.56 Å². The van der Waals surface area contributed by atoms with Gasteiger partial charge in [0.1, 0.15) is 6.61 Å². The maximum absolute atomic E-state index is 9.12. The quantitative estimate of drug-likeness (QED) is 0.661. The van der Waals surface area contributed by atoms with Crippen LogP contribution in [0.15, 0.2) is 48.5 Å². The van der Waals surface area contributed by atoms with E-state index >= 15 is 0 Å². The van der Waals surface area contributed by atoms with E-state index in [1.54, 1.807) is 19.2 Å². The van der Waals surface area contributed by atoms with Crippen molar-refractivity contribution in [2.75, 3.05) is 26.1 Å². The molecule has 3 N–H and O–H groups in total. The number of aliphatic hydroxyl groups excluding tert-OH is 1. The van der Waals surface area contributed by atoms with Crippen LogP contribution in [0.2, 0.25) is 0 Å². The Kier molecular flexibility index (Phi) is 5.73. The third kappa shape index (κ3) is 4.27. The van der Waals surface area contributed by atoms with Crippen molar-refractivity contribution in [2.45, 2.75) is 6.92 Å². The van der Waals surface area contributed by atoms with E-state index in [-0.39, 0.29) is 30.7 Å². The van der Waals surface area contributed by atoms with Gasteiger partial charge in [-0.1, -0.05) is 42.0 Å². The number of nitrogen functional groups attached to an aromatic ring is 1. The summed E-state index contributed by atoms with van der Waals surface area (Å²) in [6, 6.07) is 14.9. The number of aryl methyl sites for hydroxylation is 1. The molecule has 0 aliphatic rings. The fourth-order valence-electron chi connectivity index (χ4n) is 2.43. The van der Waals surface area contributed by atoms with Crippen LogP contribution < -0.4 is 19.9 Å². The number of para-hydroxylation sites is 2. The maximum atomic E-state index is 9.12. The lowest BCUT2D eigenvalue weighted by molar-refractivity contribution is 0.192. The number of hydrogen-bond donors (Lipinski definition) is 2. The van der Waals surface area contributed by atoms with Gasteiger partial charge >= 0.3 is 0 Å². The van der Waals surface area contributed by atoms with Crippen molar-refractivity contribution >= 4 is 5.82 Å². The summed E-state index contributed by atoms with van der Waals surface area (Å²) in [6.45, 7) is 1.88. The molecule has 0 atom stereocenters. The van der Waals surface area contributed by atoms with Gasteiger partial charge in [0.05, 0.1) is 13.7 Å². The van der Waals surface area contributed by atoms with Gasteiger partial charge in [-0.15, -0.1) is 0 Å². The molecule has 0 saturated heterocycles. The maximum Gasteiger partial charge on any atom is 0.263 e. The van der Waals surface area contributed by atoms with E-state index in [9.17, 15) is 0 Å². The second kappa shape index (κ2) is 8.37. The predicted octanol–water partition coefficient (Wildman–Crippen LogP) is 3.21. The van der Waals surface area contributed by atoms with Crippen LogP contribution in [0.3, 0.4) is 0 Å². The van der Waals surface area contributed by atoms with Gasteiger partial charge in [0.25, 0.3) is 5.88 Å². The van der Waals surface area contributed by atoms with Crippen LogP contribution in [0.4, 0.5) is 5.82 Å². The van der Waals surface area contributed by atoms with Crippen LogP contribution >= 0.6 is 0 Å². The zero-order valence-electron chi connectivity index (χ0n) is 15.2. The first-order valence-corrected chi connectivity index (χ1v) is 8.41. The average molecular weight is 367 g/mol. The molecule has 0 unspecified atom stereocenters. The highest BCUT2D eigenvalue weighted by molar-refractivity contribution is 5.64. The van der Waals surface area contributed by atoms with E-state index in [1.807, 2.05) is 43.3 Å². The summed E-state index contributed by atoms with van der Waals surface area (Å²) < 4.78 is 16.7. The number of methoxy groups -OCH3 is 1. The molecular weight excluding hydrogens is 346 g/mol. The second-order valence-corrected chi connectivity index (χ2v) is 5.76. The Morgan fingerprint density at radius 3 is 2.37 bits per heavy atom. The Morgan fingerprint density at radius 1 is 1.00 bits per heavy atom. The molecule has 0 aliphatic heterocycles. The molecule has 0 saturated carbocycles. The molecule has 7 nitrogen and oxygen atoms in total. The highest BCUT2D eigenvalue weighted by atomic mass is 16.5. The fraction of sp³-hybridized carbons (Fsp3) is 0.200. The average Bonchev–Trinajstić information content (AvgIpc) is 2.69. The van der Waals surface area contributed by atoms with Crippen molar-refractivity contribution in [3.8, 4) is 34.5 Å². The molecule has 0 fully saturated rings. The van der Waals surface area contributed by atoms with Crippen molar-refractivity contribution in [1.29, 1.82) is 0 Å². The number of nitrogens with zero attached hydrogens (tertiary/aromatic N) is 2. The number of benzene rings is 2. The molecule has 1 aromatic heterocycles. The summed E-state index contributed by atoms with van der Waals surface area (Å²) in [5, 5.41) is 9.12. The van der Waals surface area contributed by atoms with Crippen LogP contribution in [0.1, 0.15) is 5.56 Å². The standard InChI is InChI=1S/C20H21N3O4/c1-13-7-9-14(10-8-13)19-22-18(21)17(20(23-19)26-12-11-24)27-16-6-4-3-5-15(16)25-2/h3-10,24H,11-12H2,1-2H3,(H2,21,22,23). The number of anilines is 1. The van der Waals surface area contributed by atoms with Gasteiger partial charge in [0.2, 0.25) is 5.75 Å². The van der Waals surface area contributed by atoms with Gasteiger partial charge in [-0.3, -0.25) is 0 Å². The summed E-state index contributed by atoms with van der Waals surface area (Å²) >= 11 is 0. The SMILES string of the molecule is COc1ccccc1Oc1c(N)nc(-c2ccc(C)cc2)nc1OCCO. The van der Waals surface area contributed by atoms with Gasteiger partial charge in [0.15, 0.2) is 23.1 Å². The lowest BCUT2D eigenvalue weighted by Gasteiger charge is -2.15. The van der Waals surface area contributed by atoms with E-state index < -0.39 is 0 Å². The minimum atomic E-state index is -0.169. The lowest BCUT2D eigenvalue weighted by atomic mass is 10.1. The molecule has 7 heteroatoms. The summed E-state index contributed by atoms with van der Waals surface area (Å²) in [5.41, 5.74) is 8.06. The van der Waals surface area contributed by atoms with Gasteiger partial charge in [-0.25, -0.2) is 4.98 Å². The van der Waals surface area contributed by atoms with Crippen LogP contribution in [0.25, 0.3) is 11.4 Å². The molecule has 3 rings (SSSR count). The van der Waals surface area contributed by atoms with Crippen LogP contribution in [0, 0.1) is 6.92 Å². The largest absolute Gasteiger partial charge is 0.493 e. The summed E-state index contributed by atoms with van der Waals surface area (Å²) in [7, 11) is 1.55. The Morgan fingerprint density at radius 2 is 1.70 bits per heavy atom. The van der Waals surface area contributed by atoms with Crippen LogP contribution in [0.5, 0.6) is 23.1 Å². The molecule has 27 heavy (non-hydrogen) atoms. The van der Waals surface area contributed by atoms with Crippen LogP contribution in [-0.2, 0) is 0 Å². The number of rotatable bonds is 7. The third-order valence-electron chi connectivity index (χ3n) is 3.78. The number of ether oxygens (including phenoxy) is 3. The number of aromatic nitrogens is 2. The van der Waals surface area contributed by atoms with Gasteiger partial charge in [-0.2, -0.15) is 4.98 Å². The van der Waals surface area contributed by atoms with Gasteiger partial charge in [-0.05, 0) is 19.1 Å². The minimum Gasteiger partial charge on any atom is -0.493 e. The highest BCUT2D eigenvalue weighted by Gasteiger charge is 2.19. The minimum absolute atomic E-state index is 0.0477. The van der Waals surface area contributed by atoms with E-state index in [0.717, 1.165) is 11.1 Å². The molecule has 0 bridgehead atoms. The van der Waals surface area contributed by atoms with Crippen molar-refractivity contribution < 1.29 is 19.3 Å². The van der Waals surface area contributed by atoms with E-state index in [4.69, 9.17) is 25.1 Å². The van der Waals surface area contributed by atoms with E-state index in [1.165, 1.54) is 0 Å². The lowest BCUT2D eigenvalue weighted by Crippen LogP contribution is -2.08. The Balaban J connectivity index is 2.03. The summed E-state index contributed by atoms with van der Waals surface area (Å²) in [6.07, 6.45) is 0. The second-order valence-electron chi connectivity index (χ2n) is 5.76. The summed E-state index contributed by atoms with van der Waals surface area (Å²) in [4.78, 5) is 8.78. The smallest absolute Gasteiger partial charge is 0.263 e. The molecular formula is C20H21N3O4. The van der Waals surface area contributed by atoms with E-state index in [2.05, 4.69) is 9.97 Å². The monoisotopic (exact) mass is 367 g/mol. The van der Waals surface area contributed by atoms with Crippen LogP contribution in [-0.4, -0.2) is 35.4 Å². The molecule has 2 aromatic carbocycles. The van der Waals surface area contributed by atoms with Crippen molar-refractivity contribution in [1.82, 2.24) is 9.97 Å². The molecule has 0 spiro atoms. The highest BCUT2D eigenvalue weighted by Crippen LogP contribution is 2.39. The molecule has 140 valence electrons. The Labute approximate surface area is 157 Å². The molecule has 3 aromatic rings. The molecule has 0 aliphatic carbocycles. The zero-order valence-corrected chi connectivity index (χ0v) is 15.2. The van der Waals surface area contributed by atoms with Gasteiger partial charge < -0.3 is 25.1 Å². The predicted molar refractivity (Wildman–Crippen MR) is 102 cm³/mol. The zero-order chi connectivity index (χ0) is 19.2. The van der Waals surface area contributed by atoms with Crippen molar-refractivity contribution in [3.05, 3.63) is 54.1 Å². The summed E-state index contributed by atoms with van der Waals surface area (Å²) in [5.74, 6) is 1.84. The first-order valence-electron chi connectivity index (χ1n) is 8.41. The molecule has 0 amide bonds. The normalized spacial score (nSPS) is 10.5. The third-order valence-corrected chi connectivity index (χ3v) is 3.78. The van der Waals surface area contributed by atoms with Crippen molar-refractivity contribution in [2.24, 2.45) is 0 Å². The van der Waals surface area contributed by atoms with E-state index in [0.29, 0.717) is 17.3 Å².